The average molecular weight is 383 g/mol. The SMILES string of the molecule is CC(=O)N[C@@H]1[C@@H](O)[C@@H](O[C@]2(CO)O[C@H](CO)[C@@H](O)[C@@H]2O)O[C@H](CO)[C@H]1O. The largest absolute Gasteiger partial charge is 0.394 e. The standard InChI is InChI=1S/C14H25NO11/c1-5(19)15-8-9(20)6(2-16)24-13(11(8)22)26-14(4-18)12(23)10(21)7(3-17)25-14/h6-13,16-18,20-23H,2-4H2,1H3,(H,15,19)/t6-,7-,8+,9-,10-,11-,12+,13-,14+/m1/s1. The molecule has 1 amide bonds. The molecule has 0 spiro atoms. The minimum atomic E-state index is -2.23. The molecule has 9 atom stereocenters. The van der Waals surface area contributed by atoms with Gasteiger partial charge in [0.15, 0.2) is 6.29 Å². The van der Waals surface area contributed by atoms with E-state index in [1.165, 1.54) is 0 Å². The molecule has 0 saturated carbocycles. The van der Waals surface area contributed by atoms with Crippen molar-refractivity contribution in [1.82, 2.24) is 5.32 Å². The first-order valence-corrected chi connectivity index (χ1v) is 8.03. The number of carbonyl (C=O) groups excluding carboxylic acids is 1. The molecule has 2 fully saturated rings. The highest BCUT2D eigenvalue weighted by atomic mass is 16.8. The molecule has 0 aromatic heterocycles. The van der Waals surface area contributed by atoms with Gasteiger partial charge in [0.2, 0.25) is 11.7 Å². The summed E-state index contributed by atoms with van der Waals surface area (Å²) in [5, 5.41) is 70.9. The number of aliphatic hydroxyl groups excluding tert-OH is 7. The van der Waals surface area contributed by atoms with Crippen molar-refractivity contribution in [3.05, 3.63) is 0 Å². The Morgan fingerprint density at radius 3 is 2.12 bits per heavy atom. The van der Waals surface area contributed by atoms with Crippen molar-refractivity contribution in [2.45, 2.75) is 61.7 Å². The Hall–Kier alpha value is -0.930. The molecule has 0 bridgehead atoms. The first-order valence-electron chi connectivity index (χ1n) is 8.03. The molecule has 0 unspecified atom stereocenters. The fourth-order valence-corrected chi connectivity index (χ4v) is 3.06. The van der Waals surface area contributed by atoms with Gasteiger partial charge in [-0.15, -0.1) is 0 Å². The van der Waals surface area contributed by atoms with Gasteiger partial charge < -0.3 is 55.3 Å². The zero-order valence-electron chi connectivity index (χ0n) is 14.0. The average Bonchev–Trinajstić information content (AvgIpc) is 2.85. The van der Waals surface area contributed by atoms with Crippen molar-refractivity contribution >= 4 is 5.91 Å². The highest BCUT2D eigenvalue weighted by molar-refractivity contribution is 5.73. The first-order chi connectivity index (χ1) is 12.2. The molecule has 0 aromatic rings. The predicted molar refractivity (Wildman–Crippen MR) is 80.2 cm³/mol. The molecule has 2 aliphatic rings. The summed E-state index contributed by atoms with van der Waals surface area (Å²) in [6.07, 6.45) is -10.7. The van der Waals surface area contributed by atoms with E-state index in [1.54, 1.807) is 0 Å². The maximum absolute atomic E-state index is 11.3. The summed E-state index contributed by atoms with van der Waals surface area (Å²) in [5.41, 5.74) is 0. The Bertz CT molecular complexity index is 494. The summed E-state index contributed by atoms with van der Waals surface area (Å²) in [5.74, 6) is -2.81. The molecule has 2 saturated heterocycles. The zero-order chi connectivity index (χ0) is 19.6. The quantitative estimate of drug-likeness (QED) is 0.218. The maximum atomic E-state index is 11.3. The molecule has 12 heteroatoms. The number of amides is 1. The van der Waals surface area contributed by atoms with Crippen LogP contribution in [0.5, 0.6) is 0 Å². The van der Waals surface area contributed by atoms with E-state index >= 15 is 0 Å². The second-order valence-corrected chi connectivity index (χ2v) is 6.30. The third-order valence-corrected chi connectivity index (χ3v) is 4.48. The van der Waals surface area contributed by atoms with Crippen LogP contribution in [0.4, 0.5) is 0 Å². The molecule has 152 valence electrons. The van der Waals surface area contributed by atoms with Crippen LogP contribution in [0.15, 0.2) is 0 Å². The van der Waals surface area contributed by atoms with Crippen molar-refractivity contribution in [3.63, 3.8) is 0 Å². The first kappa shape index (κ1) is 21.4. The number of rotatable bonds is 6. The molecule has 0 aliphatic carbocycles. The van der Waals surface area contributed by atoms with E-state index in [2.05, 4.69) is 5.32 Å². The topological polar surface area (TPSA) is 198 Å². The van der Waals surface area contributed by atoms with Gasteiger partial charge in [-0.2, -0.15) is 0 Å². The van der Waals surface area contributed by atoms with Crippen LogP contribution in [0, 0.1) is 0 Å². The van der Waals surface area contributed by atoms with Crippen LogP contribution in [0.1, 0.15) is 6.92 Å². The van der Waals surface area contributed by atoms with Crippen molar-refractivity contribution in [1.29, 1.82) is 0 Å². The summed E-state index contributed by atoms with van der Waals surface area (Å²) in [6.45, 7) is -1.17. The Labute approximate surface area is 148 Å². The van der Waals surface area contributed by atoms with Crippen LogP contribution >= 0.6 is 0 Å². The fourth-order valence-electron chi connectivity index (χ4n) is 3.06. The number of carbonyl (C=O) groups is 1. The number of hydrogen-bond donors (Lipinski definition) is 8. The molecule has 26 heavy (non-hydrogen) atoms. The molecular formula is C14H25NO11. The van der Waals surface area contributed by atoms with Crippen LogP contribution in [-0.4, -0.2) is 116 Å². The number of nitrogens with one attached hydrogen (secondary N) is 1. The minimum Gasteiger partial charge on any atom is -0.394 e. The Morgan fingerprint density at radius 2 is 1.65 bits per heavy atom. The van der Waals surface area contributed by atoms with Gasteiger partial charge >= 0.3 is 0 Å². The minimum absolute atomic E-state index is 0.574. The lowest BCUT2D eigenvalue weighted by Gasteiger charge is -2.45. The van der Waals surface area contributed by atoms with Crippen LogP contribution in [-0.2, 0) is 19.0 Å². The van der Waals surface area contributed by atoms with Crippen molar-refractivity contribution in [2.75, 3.05) is 19.8 Å². The van der Waals surface area contributed by atoms with E-state index in [0.717, 1.165) is 6.92 Å². The molecule has 2 aliphatic heterocycles. The predicted octanol–water partition coefficient (Wildman–Crippen LogP) is -5.25. The highest BCUT2D eigenvalue weighted by Gasteiger charge is 2.58. The number of hydrogen-bond acceptors (Lipinski definition) is 11. The van der Waals surface area contributed by atoms with Crippen molar-refractivity contribution < 1.29 is 54.8 Å². The Morgan fingerprint density at radius 1 is 1.04 bits per heavy atom. The van der Waals surface area contributed by atoms with Gasteiger partial charge in [0.25, 0.3) is 0 Å². The van der Waals surface area contributed by atoms with Crippen LogP contribution in [0.25, 0.3) is 0 Å². The monoisotopic (exact) mass is 383 g/mol. The van der Waals surface area contributed by atoms with Gasteiger partial charge in [-0.3, -0.25) is 4.79 Å². The Kier molecular flexibility index (Phi) is 6.90. The van der Waals surface area contributed by atoms with Crippen molar-refractivity contribution in [3.8, 4) is 0 Å². The van der Waals surface area contributed by atoms with Gasteiger partial charge in [0, 0.05) is 6.92 Å². The van der Waals surface area contributed by atoms with Crippen LogP contribution < -0.4 is 5.32 Å². The third-order valence-electron chi connectivity index (χ3n) is 4.48. The van der Waals surface area contributed by atoms with Gasteiger partial charge in [0.05, 0.1) is 19.3 Å². The lowest BCUT2D eigenvalue weighted by atomic mass is 9.96. The molecule has 2 rings (SSSR count). The maximum Gasteiger partial charge on any atom is 0.224 e. The Balaban J connectivity index is 2.23. The van der Waals surface area contributed by atoms with E-state index in [9.17, 15) is 35.4 Å². The van der Waals surface area contributed by atoms with Gasteiger partial charge in [-0.05, 0) is 0 Å². The normalized spacial score (nSPS) is 46.3. The lowest BCUT2D eigenvalue weighted by Crippen LogP contribution is -2.66. The van der Waals surface area contributed by atoms with Crippen LogP contribution in [0.2, 0.25) is 0 Å². The summed E-state index contributed by atoms with van der Waals surface area (Å²) in [6, 6.07) is -1.28. The van der Waals surface area contributed by atoms with Gasteiger partial charge in [-0.25, -0.2) is 0 Å². The second kappa shape index (κ2) is 8.39. The fraction of sp³-hybridized carbons (Fsp3) is 0.929. The summed E-state index contributed by atoms with van der Waals surface area (Å²) < 4.78 is 15.8. The zero-order valence-corrected chi connectivity index (χ0v) is 14.0. The lowest BCUT2D eigenvalue weighted by molar-refractivity contribution is -0.375. The smallest absolute Gasteiger partial charge is 0.224 e. The van der Waals surface area contributed by atoms with Gasteiger partial charge in [-0.1, -0.05) is 0 Å². The summed E-state index contributed by atoms with van der Waals surface area (Å²) in [4.78, 5) is 11.3. The second-order valence-electron chi connectivity index (χ2n) is 6.30. The molecule has 8 N–H and O–H groups in total. The third kappa shape index (κ3) is 3.84. The van der Waals surface area contributed by atoms with E-state index in [-0.39, 0.29) is 0 Å². The highest BCUT2D eigenvalue weighted by Crippen LogP contribution is 2.35. The van der Waals surface area contributed by atoms with E-state index < -0.39 is 80.5 Å². The van der Waals surface area contributed by atoms with E-state index in [0.29, 0.717) is 0 Å². The molecule has 0 aromatic carbocycles. The molecular weight excluding hydrogens is 358 g/mol. The van der Waals surface area contributed by atoms with E-state index in [1.807, 2.05) is 0 Å². The van der Waals surface area contributed by atoms with Crippen LogP contribution in [0.3, 0.4) is 0 Å². The van der Waals surface area contributed by atoms with Gasteiger partial charge in [0.1, 0.15) is 43.2 Å². The van der Waals surface area contributed by atoms with E-state index in [4.69, 9.17) is 19.3 Å². The molecule has 2 heterocycles. The number of ether oxygens (including phenoxy) is 3. The molecule has 0 radical (unpaired) electrons. The van der Waals surface area contributed by atoms with Crippen molar-refractivity contribution in [2.24, 2.45) is 0 Å². The molecule has 12 nitrogen and oxygen atoms in total. The number of aliphatic hydroxyl groups is 7. The summed E-state index contributed by atoms with van der Waals surface area (Å²) >= 11 is 0. The summed E-state index contributed by atoms with van der Waals surface area (Å²) in [7, 11) is 0.